The highest BCUT2D eigenvalue weighted by atomic mass is 16.7. The standard InChI is InChI=1S/C20H19NO6/c1-21-5-4-10-6-14-15(25-8-24-14)7-12(10)18-17(21)11-2-3-13-19(26-9-23-13)16(11)20(22)27-18/h2-3,6-7,17-18,20,22H,4-5,8-9H2,1H3. The zero-order valence-corrected chi connectivity index (χ0v) is 14.8. The van der Waals surface area contributed by atoms with Crippen LogP contribution >= 0.6 is 0 Å². The van der Waals surface area contributed by atoms with E-state index in [1.165, 1.54) is 0 Å². The van der Waals surface area contributed by atoms with E-state index in [0.717, 1.165) is 41.2 Å². The van der Waals surface area contributed by atoms with Crippen LogP contribution in [0.15, 0.2) is 24.3 Å². The van der Waals surface area contributed by atoms with E-state index in [2.05, 4.69) is 11.9 Å². The summed E-state index contributed by atoms with van der Waals surface area (Å²) >= 11 is 0. The van der Waals surface area contributed by atoms with E-state index in [0.29, 0.717) is 17.1 Å². The summed E-state index contributed by atoms with van der Waals surface area (Å²) in [6.45, 7) is 1.26. The van der Waals surface area contributed by atoms with Gasteiger partial charge in [0.15, 0.2) is 29.3 Å². The van der Waals surface area contributed by atoms with Gasteiger partial charge in [-0.25, -0.2) is 0 Å². The number of hydrogen-bond donors (Lipinski definition) is 1. The molecule has 3 unspecified atom stereocenters. The van der Waals surface area contributed by atoms with Gasteiger partial charge in [0.05, 0.1) is 11.6 Å². The summed E-state index contributed by atoms with van der Waals surface area (Å²) in [4.78, 5) is 2.27. The molecular weight excluding hydrogens is 350 g/mol. The van der Waals surface area contributed by atoms with Crippen LogP contribution in [0.5, 0.6) is 23.0 Å². The minimum absolute atomic E-state index is 0.0421. The quantitative estimate of drug-likeness (QED) is 0.765. The molecule has 2 aromatic carbocycles. The Hall–Kier alpha value is -2.48. The number of fused-ring (bicyclic) bond motifs is 8. The molecule has 0 radical (unpaired) electrons. The van der Waals surface area contributed by atoms with Crippen LogP contribution in [0.1, 0.15) is 40.7 Å². The molecule has 0 bridgehead atoms. The van der Waals surface area contributed by atoms with Gasteiger partial charge in [0, 0.05) is 6.54 Å². The lowest BCUT2D eigenvalue weighted by Crippen LogP contribution is -2.35. The number of nitrogens with zero attached hydrogens (tertiary/aromatic N) is 1. The van der Waals surface area contributed by atoms with Gasteiger partial charge < -0.3 is 28.8 Å². The Kier molecular flexibility index (Phi) is 3.18. The van der Waals surface area contributed by atoms with Crippen LogP contribution in [0.2, 0.25) is 0 Å². The average Bonchev–Trinajstić information content (AvgIpc) is 3.30. The number of likely N-dealkylation sites (N-methyl/N-ethyl adjacent to an activating group) is 1. The molecule has 3 atom stereocenters. The molecular formula is C20H19NO6. The highest BCUT2D eigenvalue weighted by Gasteiger charge is 2.44. The number of benzene rings is 2. The first-order valence-electron chi connectivity index (χ1n) is 9.09. The highest BCUT2D eigenvalue weighted by molar-refractivity contribution is 5.56. The molecule has 0 aromatic heterocycles. The zero-order valence-electron chi connectivity index (χ0n) is 14.8. The summed E-state index contributed by atoms with van der Waals surface area (Å²) in [5, 5.41) is 10.8. The topological polar surface area (TPSA) is 69.6 Å². The molecule has 4 heterocycles. The first-order chi connectivity index (χ1) is 13.2. The molecule has 0 saturated heterocycles. The van der Waals surface area contributed by atoms with Crippen molar-refractivity contribution in [3.8, 4) is 23.0 Å². The van der Waals surface area contributed by atoms with Crippen molar-refractivity contribution in [3.63, 3.8) is 0 Å². The van der Waals surface area contributed by atoms with Crippen molar-refractivity contribution in [2.24, 2.45) is 0 Å². The zero-order chi connectivity index (χ0) is 18.1. The Bertz CT molecular complexity index is 945. The van der Waals surface area contributed by atoms with Gasteiger partial charge in [0.25, 0.3) is 0 Å². The average molecular weight is 369 g/mol. The molecule has 0 amide bonds. The monoisotopic (exact) mass is 369 g/mol. The predicted molar refractivity (Wildman–Crippen MR) is 93.0 cm³/mol. The SMILES string of the molecule is CN1CCc2cc3c(cc2C2OC(O)c4c(ccc5c4OCO5)C21)OCO3. The van der Waals surface area contributed by atoms with E-state index in [9.17, 15) is 5.11 Å². The van der Waals surface area contributed by atoms with Crippen molar-refractivity contribution in [2.45, 2.75) is 24.9 Å². The van der Waals surface area contributed by atoms with Crippen molar-refractivity contribution in [1.29, 1.82) is 0 Å². The molecule has 0 aliphatic carbocycles. The summed E-state index contributed by atoms with van der Waals surface area (Å²) in [5.41, 5.74) is 3.88. The Morgan fingerprint density at radius 1 is 0.963 bits per heavy atom. The van der Waals surface area contributed by atoms with Crippen LogP contribution in [0.25, 0.3) is 0 Å². The minimum Gasteiger partial charge on any atom is -0.454 e. The van der Waals surface area contributed by atoms with E-state index >= 15 is 0 Å². The van der Waals surface area contributed by atoms with Crippen LogP contribution in [-0.2, 0) is 11.2 Å². The fourth-order valence-electron chi connectivity index (χ4n) is 4.60. The van der Waals surface area contributed by atoms with Gasteiger partial charge in [-0.05, 0) is 48.4 Å². The Morgan fingerprint density at radius 3 is 2.63 bits per heavy atom. The number of rotatable bonds is 0. The Balaban J connectivity index is 1.53. The first-order valence-corrected chi connectivity index (χ1v) is 9.09. The van der Waals surface area contributed by atoms with Crippen LogP contribution in [0, 0.1) is 0 Å². The van der Waals surface area contributed by atoms with Gasteiger partial charge in [-0.3, -0.25) is 4.90 Å². The molecule has 4 aliphatic heterocycles. The van der Waals surface area contributed by atoms with Crippen molar-refractivity contribution >= 4 is 0 Å². The van der Waals surface area contributed by atoms with Crippen molar-refractivity contribution < 1.29 is 28.8 Å². The summed E-state index contributed by atoms with van der Waals surface area (Å²) < 4.78 is 28.4. The Labute approximate surface area is 156 Å². The van der Waals surface area contributed by atoms with Crippen molar-refractivity contribution in [1.82, 2.24) is 4.90 Å². The molecule has 0 saturated carbocycles. The van der Waals surface area contributed by atoms with Gasteiger partial charge in [-0.2, -0.15) is 0 Å². The van der Waals surface area contributed by atoms with Crippen LogP contribution in [0.4, 0.5) is 0 Å². The Morgan fingerprint density at radius 2 is 1.74 bits per heavy atom. The highest BCUT2D eigenvalue weighted by Crippen LogP contribution is 2.54. The third kappa shape index (κ3) is 2.13. The van der Waals surface area contributed by atoms with Gasteiger partial charge >= 0.3 is 0 Å². The summed E-state index contributed by atoms with van der Waals surface area (Å²) in [5.74, 6) is 2.73. The molecule has 7 heteroatoms. The fraction of sp³-hybridized carbons (Fsp3) is 0.400. The van der Waals surface area contributed by atoms with Crippen LogP contribution in [-0.4, -0.2) is 37.2 Å². The fourth-order valence-corrected chi connectivity index (χ4v) is 4.60. The maximum atomic E-state index is 10.8. The van der Waals surface area contributed by atoms with Gasteiger partial charge in [-0.15, -0.1) is 0 Å². The number of hydrogen-bond acceptors (Lipinski definition) is 7. The second-order valence-electron chi connectivity index (χ2n) is 7.29. The predicted octanol–water partition coefficient (Wildman–Crippen LogP) is 2.44. The van der Waals surface area contributed by atoms with Crippen LogP contribution in [0.3, 0.4) is 0 Å². The molecule has 27 heavy (non-hydrogen) atoms. The van der Waals surface area contributed by atoms with E-state index in [1.54, 1.807) is 0 Å². The maximum Gasteiger partial charge on any atom is 0.231 e. The number of aliphatic hydroxyl groups is 1. The van der Waals surface area contributed by atoms with Crippen molar-refractivity contribution in [2.75, 3.05) is 27.2 Å². The van der Waals surface area contributed by atoms with E-state index in [1.807, 2.05) is 24.3 Å². The van der Waals surface area contributed by atoms with Gasteiger partial charge in [0.1, 0.15) is 6.10 Å². The van der Waals surface area contributed by atoms with Crippen molar-refractivity contribution in [3.05, 3.63) is 46.5 Å². The molecule has 7 nitrogen and oxygen atoms in total. The maximum absolute atomic E-state index is 10.8. The van der Waals surface area contributed by atoms with E-state index in [-0.39, 0.29) is 25.7 Å². The molecule has 2 aromatic rings. The van der Waals surface area contributed by atoms with Gasteiger partial charge in [0.2, 0.25) is 13.6 Å². The summed E-state index contributed by atoms with van der Waals surface area (Å²) in [7, 11) is 2.08. The lowest BCUT2D eigenvalue weighted by atomic mass is 9.87. The normalized spacial score (nSPS) is 27.6. The first kappa shape index (κ1) is 15.6. The molecule has 0 fully saturated rings. The lowest BCUT2D eigenvalue weighted by Gasteiger charge is -2.40. The van der Waals surface area contributed by atoms with E-state index in [4.69, 9.17) is 23.7 Å². The minimum atomic E-state index is -1.08. The number of aliphatic hydroxyl groups excluding tert-OH is 1. The molecule has 6 rings (SSSR count). The number of ether oxygens (including phenoxy) is 5. The van der Waals surface area contributed by atoms with E-state index < -0.39 is 6.29 Å². The lowest BCUT2D eigenvalue weighted by molar-refractivity contribution is -0.174. The second kappa shape index (κ2) is 5.51. The second-order valence-corrected chi connectivity index (χ2v) is 7.29. The largest absolute Gasteiger partial charge is 0.454 e. The third-order valence-electron chi connectivity index (χ3n) is 5.89. The van der Waals surface area contributed by atoms with Gasteiger partial charge in [-0.1, -0.05) is 6.07 Å². The van der Waals surface area contributed by atoms with Crippen LogP contribution < -0.4 is 18.9 Å². The smallest absolute Gasteiger partial charge is 0.231 e. The molecule has 1 N–H and O–H groups in total. The molecule has 4 aliphatic rings. The molecule has 140 valence electrons. The third-order valence-corrected chi connectivity index (χ3v) is 5.89. The summed E-state index contributed by atoms with van der Waals surface area (Å²) in [6.07, 6.45) is -0.526. The molecule has 0 spiro atoms. The summed E-state index contributed by atoms with van der Waals surface area (Å²) in [6, 6.07) is 7.92.